The van der Waals surface area contributed by atoms with E-state index in [0.717, 1.165) is 0 Å². The van der Waals surface area contributed by atoms with Crippen LogP contribution in [0.2, 0.25) is 0 Å². The molecule has 30 heteroatoms. The van der Waals surface area contributed by atoms with Crippen molar-refractivity contribution in [3.05, 3.63) is 0 Å². The van der Waals surface area contributed by atoms with E-state index >= 15 is 0 Å². The summed E-state index contributed by atoms with van der Waals surface area (Å²) in [5.74, 6) is -0.815. The molecule has 0 rings (SSSR count). The summed E-state index contributed by atoms with van der Waals surface area (Å²) in [5, 5.41) is 60.2. The quantitative estimate of drug-likeness (QED) is 0.0360. The smallest absolute Gasteiger partial charge is 0.780 e. The Morgan fingerprint density at radius 2 is 1.10 bits per heavy atom. The monoisotopic (exact) mass is 747 g/mol. The zero-order chi connectivity index (χ0) is 29.7. The molecule has 12 N–H and O–H groups in total. The van der Waals surface area contributed by atoms with Crippen LogP contribution in [-0.2, 0) is 55.7 Å². The summed E-state index contributed by atoms with van der Waals surface area (Å²) in [4.78, 5) is 9.76. The van der Waals surface area contributed by atoms with Gasteiger partial charge in [0.05, 0.1) is 24.6 Å². The second-order valence-corrected chi connectivity index (χ2v) is 11.1. The maximum atomic E-state index is 9.76. The number of aliphatic hydroxyl groups is 6. The standard InChI is InChI=1S/C6H14O6.C3H7NO2S.ClH.3Na.H2O5S2.H2O3S2.H2O3S/c7-1-3(9)5(11)6(12)4(10)2-8;4-2(1-7)3(5)6;;;;;1-6(2)7(3,4)5;1-5(2,3)4;1-4(2)3/h3-12H,1-2H2;2,7H,1,4H2,(H,5,6);1H;;;;(H,1,2)(H,3,4,5);(H2,1,2,3,4);(H2,1,2,3)/q;;;3*+1;;;/p-3. The fourth-order valence-electron chi connectivity index (χ4n) is 0.749. The first-order chi connectivity index (χ1) is 15.4. The van der Waals surface area contributed by atoms with E-state index in [1.807, 2.05) is 0 Å². The van der Waals surface area contributed by atoms with Crippen LogP contribution >= 0.6 is 25.0 Å². The molecule has 39 heavy (non-hydrogen) atoms. The molecule has 7 unspecified atom stereocenters. The average molecular weight is 748 g/mol. The molecule has 0 amide bonds. The van der Waals surface area contributed by atoms with Gasteiger partial charge in [-0.1, -0.05) is 0 Å². The number of carbonyl (C=O) groups is 1. The minimum Gasteiger partial charge on any atom is -0.780 e. The van der Waals surface area contributed by atoms with Crippen LogP contribution in [0.25, 0.3) is 0 Å². The maximum Gasteiger partial charge on any atom is 1.00 e. The van der Waals surface area contributed by atoms with Gasteiger partial charge in [-0.2, -0.15) is 21.0 Å². The number of hydrogen-bond donors (Lipinski definition) is 12. The summed E-state index contributed by atoms with van der Waals surface area (Å²) in [6.07, 6.45) is -6.39. The molecule has 226 valence electrons. The van der Waals surface area contributed by atoms with Gasteiger partial charge in [-0.3, -0.25) is 18.1 Å². The van der Waals surface area contributed by atoms with Gasteiger partial charge in [0.2, 0.25) is 0 Å². The van der Waals surface area contributed by atoms with Crippen LogP contribution in [-0.4, -0.2) is 140 Å². The molecule has 0 radical (unpaired) electrons. The Balaban J connectivity index is -0.0000000422. The molecule has 0 bridgehead atoms. The van der Waals surface area contributed by atoms with Crippen molar-refractivity contribution in [1.29, 1.82) is 0 Å². The van der Waals surface area contributed by atoms with E-state index in [1.54, 1.807) is 0 Å². The van der Waals surface area contributed by atoms with Gasteiger partial charge in [-0.25, -0.2) is 8.42 Å². The van der Waals surface area contributed by atoms with Crippen molar-refractivity contribution in [2.45, 2.75) is 30.5 Å². The first-order valence-corrected chi connectivity index (χ1v) is 14.5. The number of hydrogen-bond acceptors (Lipinski definition) is 18. The molecule has 0 fully saturated rings. The second kappa shape index (κ2) is 37.4. The van der Waals surface area contributed by atoms with Gasteiger partial charge < -0.3 is 59.7 Å². The van der Waals surface area contributed by atoms with Crippen LogP contribution in [0, 0.1) is 0 Å². The molecular formula is C9H25ClNNa3O19S6. The number of carboxylic acids is 1. The van der Waals surface area contributed by atoms with Gasteiger partial charge in [-0.15, -0.1) is 21.5 Å². The van der Waals surface area contributed by atoms with E-state index in [0.29, 0.717) is 0 Å². The van der Waals surface area contributed by atoms with Gasteiger partial charge in [0.25, 0.3) is 0 Å². The fraction of sp³-hybridized carbons (Fsp3) is 0.889. The Morgan fingerprint density at radius 1 is 0.923 bits per heavy atom. The van der Waals surface area contributed by atoms with Crippen LogP contribution in [0.5, 0.6) is 0 Å². The first-order valence-electron chi connectivity index (χ1n) is 7.47. The van der Waals surface area contributed by atoms with Crippen LogP contribution < -0.4 is 94.4 Å². The number of aliphatic hydroxyl groups excluding tert-OH is 6. The van der Waals surface area contributed by atoms with Gasteiger partial charge in [0.15, 0.2) is 0 Å². The van der Waals surface area contributed by atoms with E-state index in [9.17, 15) is 17.4 Å². The molecule has 0 aromatic carbocycles. The molecule has 0 saturated heterocycles. The third-order valence-electron chi connectivity index (χ3n) is 2.21. The Morgan fingerprint density at radius 3 is 1.15 bits per heavy atom. The van der Waals surface area contributed by atoms with Gasteiger partial charge in [0.1, 0.15) is 30.5 Å². The molecule has 0 heterocycles. The molecule has 0 saturated carbocycles. The normalized spacial score (nSPS) is 15.0. The van der Waals surface area contributed by atoms with Crippen LogP contribution in [0.15, 0.2) is 0 Å². The van der Waals surface area contributed by atoms with Crippen molar-refractivity contribution < 1.29 is 178 Å². The predicted octanol–water partition coefficient (Wildman–Crippen LogP) is -15.5. The molecule has 0 aromatic heterocycles. The molecular weight excluding hydrogens is 723 g/mol. The number of aliphatic carboxylic acids is 1. The average Bonchev–Trinajstić information content (AvgIpc) is 2.69. The van der Waals surface area contributed by atoms with Crippen LogP contribution in [0.3, 0.4) is 0 Å². The van der Waals surface area contributed by atoms with E-state index in [1.165, 1.54) is 0 Å². The Hall–Kier alpha value is 3.21. The van der Waals surface area contributed by atoms with Crippen molar-refractivity contribution in [3.63, 3.8) is 0 Å². The minimum absolute atomic E-state index is 0. The number of carboxylic acid groups (broad SMARTS) is 1. The number of rotatable bonds is 8. The SMILES string of the molecule is Cl.NC(CS)C(=O)O.O=S(O)S(=O)(=O)O.O=S([O-])([O-])=S.O=S([O-])O.OCC(O)C(O)C(O)C(O)CO.[Na+].[Na+].[Na+]. The number of nitrogens with two attached hydrogens (primary N) is 1. The summed E-state index contributed by atoms with van der Waals surface area (Å²) in [7, 11) is -12.2. The summed E-state index contributed by atoms with van der Waals surface area (Å²) in [6, 6.07) is -0.816. The number of halogens is 1. The van der Waals surface area contributed by atoms with Gasteiger partial charge >= 0.3 is 114 Å². The largest absolute Gasteiger partial charge is 1.00 e. The molecule has 0 aromatic rings. The van der Waals surface area contributed by atoms with E-state index in [-0.39, 0.29) is 107 Å². The van der Waals surface area contributed by atoms with E-state index in [4.69, 9.17) is 77.2 Å². The zero-order valence-electron chi connectivity index (χ0n) is 20.1. The van der Waals surface area contributed by atoms with Crippen molar-refractivity contribution in [2.75, 3.05) is 19.0 Å². The van der Waals surface area contributed by atoms with Crippen molar-refractivity contribution in [3.8, 4) is 0 Å². The third-order valence-corrected chi connectivity index (χ3v) is 4.04. The Labute approximate surface area is 310 Å². The topological polar surface area (TPSA) is 400 Å². The molecule has 20 nitrogen and oxygen atoms in total. The second-order valence-electron chi connectivity index (χ2n) is 4.88. The Kier molecular flexibility index (Phi) is 62.3. The third kappa shape index (κ3) is 65.0. The van der Waals surface area contributed by atoms with Gasteiger partial charge in [-0.05, 0) is 11.2 Å². The molecule has 0 aliphatic carbocycles. The predicted molar refractivity (Wildman–Crippen MR) is 126 cm³/mol. The molecule has 0 spiro atoms. The molecule has 0 aliphatic rings. The molecule has 0 aliphatic heterocycles. The van der Waals surface area contributed by atoms with Gasteiger partial charge in [0, 0.05) is 5.75 Å². The first kappa shape index (κ1) is 65.0. The fourth-order valence-corrected chi connectivity index (χ4v) is 0.905. The van der Waals surface area contributed by atoms with Crippen molar-refractivity contribution in [1.82, 2.24) is 0 Å². The van der Waals surface area contributed by atoms with E-state index in [2.05, 4.69) is 23.8 Å². The summed E-state index contributed by atoms with van der Waals surface area (Å²) < 4.78 is 93.8. The number of thiol groups is 1. The maximum absolute atomic E-state index is 9.76. The molecule has 7 atom stereocenters. The van der Waals surface area contributed by atoms with Crippen molar-refractivity contribution in [2.24, 2.45) is 5.73 Å². The Bertz CT molecular complexity index is 784. The van der Waals surface area contributed by atoms with Crippen LogP contribution in [0.1, 0.15) is 0 Å². The summed E-state index contributed by atoms with van der Waals surface area (Å²) in [6.45, 7) is -1.45. The summed E-state index contributed by atoms with van der Waals surface area (Å²) in [5.41, 5.74) is 4.94. The van der Waals surface area contributed by atoms with Crippen LogP contribution in [0.4, 0.5) is 0 Å². The van der Waals surface area contributed by atoms with E-state index < -0.39 is 89.3 Å². The minimum atomic E-state index is -4.71. The summed E-state index contributed by atoms with van der Waals surface area (Å²) >= 11 is 4.03. The zero-order valence-corrected chi connectivity index (χ0v) is 31.9. The van der Waals surface area contributed by atoms with Crippen molar-refractivity contribution >= 4 is 81.9 Å².